The maximum absolute atomic E-state index is 11.1. The van der Waals surface area contributed by atoms with E-state index in [2.05, 4.69) is 66.4 Å². The number of thioether (sulfide) groups is 1. The highest BCUT2D eigenvalue weighted by atomic mass is 32.2. The molecule has 1 N–H and O–H groups in total. The Labute approximate surface area is 141 Å². The van der Waals surface area contributed by atoms with Gasteiger partial charge in [0.2, 0.25) is 5.91 Å². The molecule has 1 amide bonds. The summed E-state index contributed by atoms with van der Waals surface area (Å²) in [6.07, 6.45) is 2.87. The number of hydrogen-bond donors (Lipinski definition) is 1. The van der Waals surface area contributed by atoms with Crippen LogP contribution in [0.3, 0.4) is 0 Å². The Morgan fingerprint density at radius 1 is 1.43 bits per heavy atom. The van der Waals surface area contributed by atoms with Crippen LogP contribution in [0.1, 0.15) is 44.2 Å². The van der Waals surface area contributed by atoms with E-state index in [4.69, 9.17) is 0 Å². The van der Waals surface area contributed by atoms with Crippen LogP contribution >= 0.6 is 11.8 Å². The lowest BCUT2D eigenvalue weighted by atomic mass is 9.80. The zero-order chi connectivity index (χ0) is 16.6. The van der Waals surface area contributed by atoms with Gasteiger partial charge in [-0.25, -0.2) is 0 Å². The minimum atomic E-state index is -0.0165. The highest BCUT2D eigenvalue weighted by Gasteiger charge is 2.33. The van der Waals surface area contributed by atoms with Gasteiger partial charge in [-0.2, -0.15) is 5.10 Å². The Hall–Kier alpha value is -1.82. The number of hydrogen-bond acceptors (Lipinski definition) is 5. The summed E-state index contributed by atoms with van der Waals surface area (Å²) in [5.74, 6) is 0.921. The lowest BCUT2D eigenvalue weighted by Gasteiger charge is -2.45. The number of rotatable bonds is 2. The number of amides is 1. The molecule has 1 unspecified atom stereocenters. The molecular formula is C17H22N4OS. The molecule has 122 valence electrons. The molecule has 1 aromatic rings. The molecule has 0 aliphatic carbocycles. The zero-order valence-corrected chi connectivity index (χ0v) is 14.8. The fourth-order valence-electron chi connectivity index (χ4n) is 3.20. The van der Waals surface area contributed by atoms with Crippen LogP contribution in [-0.2, 0) is 4.79 Å². The molecule has 0 radical (unpaired) electrons. The van der Waals surface area contributed by atoms with Gasteiger partial charge in [-0.05, 0) is 49.4 Å². The van der Waals surface area contributed by atoms with Gasteiger partial charge in [0.25, 0.3) is 0 Å². The number of nitrogens with zero attached hydrogens (tertiary/aromatic N) is 3. The van der Waals surface area contributed by atoms with Crippen molar-refractivity contribution >= 4 is 34.7 Å². The van der Waals surface area contributed by atoms with Crippen LogP contribution in [0.15, 0.2) is 28.4 Å². The van der Waals surface area contributed by atoms with Crippen LogP contribution in [0.25, 0.3) is 0 Å². The Kier molecular flexibility index (Phi) is 4.19. The van der Waals surface area contributed by atoms with Gasteiger partial charge in [0.15, 0.2) is 5.17 Å². The predicted molar refractivity (Wildman–Crippen MR) is 97.6 cm³/mol. The standard InChI is InChI=1S/C17H22N4OS/c1-11-8-17(2,3)21(4)14-6-5-12(7-13(11)14)9-18-20-16-19-15(22)10-23-16/h5-7,9,11H,8,10H2,1-4H3,(H,19,20,22). The van der Waals surface area contributed by atoms with E-state index in [1.807, 2.05) is 0 Å². The lowest BCUT2D eigenvalue weighted by Crippen LogP contribution is -2.45. The third kappa shape index (κ3) is 3.27. The summed E-state index contributed by atoms with van der Waals surface area (Å²) in [5.41, 5.74) is 3.84. The minimum absolute atomic E-state index is 0.0165. The summed E-state index contributed by atoms with van der Waals surface area (Å²) in [4.78, 5) is 13.5. The van der Waals surface area contributed by atoms with Crippen molar-refractivity contribution in [1.82, 2.24) is 5.32 Å². The Morgan fingerprint density at radius 3 is 2.91 bits per heavy atom. The van der Waals surface area contributed by atoms with E-state index < -0.39 is 0 Å². The van der Waals surface area contributed by atoms with Crippen molar-refractivity contribution in [3.8, 4) is 0 Å². The molecule has 1 saturated heterocycles. The normalized spacial score (nSPS) is 25.0. The third-order valence-corrected chi connectivity index (χ3v) is 5.46. The highest BCUT2D eigenvalue weighted by molar-refractivity contribution is 8.15. The maximum atomic E-state index is 11.1. The van der Waals surface area contributed by atoms with Crippen LogP contribution < -0.4 is 10.2 Å². The number of fused-ring (bicyclic) bond motifs is 1. The van der Waals surface area contributed by atoms with Crippen LogP contribution in [0.5, 0.6) is 0 Å². The number of anilines is 1. The molecule has 0 spiro atoms. The predicted octanol–water partition coefficient (Wildman–Crippen LogP) is 2.96. The molecule has 1 atom stereocenters. The summed E-state index contributed by atoms with van der Waals surface area (Å²) in [7, 11) is 2.16. The quantitative estimate of drug-likeness (QED) is 0.670. The van der Waals surface area contributed by atoms with Crippen molar-refractivity contribution in [2.24, 2.45) is 10.2 Å². The van der Waals surface area contributed by atoms with Crippen molar-refractivity contribution in [2.75, 3.05) is 17.7 Å². The zero-order valence-electron chi connectivity index (χ0n) is 14.0. The fraction of sp³-hybridized carbons (Fsp3) is 0.471. The number of carbonyl (C=O) groups is 1. The second-order valence-electron chi connectivity index (χ2n) is 6.78. The van der Waals surface area contributed by atoms with Gasteiger partial charge in [-0.1, -0.05) is 24.8 Å². The third-order valence-electron chi connectivity index (χ3n) is 4.60. The SMILES string of the molecule is CC1CC(C)(C)N(C)c2ccc(C=NN=C3NC(=O)CS3)cc21. The monoisotopic (exact) mass is 330 g/mol. The molecule has 1 aromatic carbocycles. The smallest absolute Gasteiger partial charge is 0.236 e. The van der Waals surface area contributed by atoms with Gasteiger partial charge < -0.3 is 10.2 Å². The first-order chi connectivity index (χ1) is 10.9. The van der Waals surface area contributed by atoms with E-state index >= 15 is 0 Å². The van der Waals surface area contributed by atoms with Crippen LogP contribution in [0, 0.1) is 0 Å². The van der Waals surface area contributed by atoms with Crippen LogP contribution in [0.2, 0.25) is 0 Å². The molecule has 2 heterocycles. The second kappa shape index (κ2) is 6.00. The van der Waals surface area contributed by atoms with Crippen molar-refractivity contribution in [3.63, 3.8) is 0 Å². The Bertz CT molecular complexity index is 696. The van der Waals surface area contributed by atoms with Gasteiger partial charge in [-0.15, -0.1) is 5.10 Å². The summed E-state index contributed by atoms with van der Waals surface area (Å²) in [6, 6.07) is 6.41. The Balaban J connectivity index is 1.81. The molecule has 0 aromatic heterocycles. The molecule has 23 heavy (non-hydrogen) atoms. The van der Waals surface area contributed by atoms with Gasteiger partial charge in [0.05, 0.1) is 12.0 Å². The van der Waals surface area contributed by atoms with Crippen molar-refractivity contribution in [3.05, 3.63) is 29.3 Å². The molecule has 1 fully saturated rings. The molecule has 6 heteroatoms. The van der Waals surface area contributed by atoms with Gasteiger partial charge >= 0.3 is 0 Å². The van der Waals surface area contributed by atoms with E-state index in [1.165, 1.54) is 23.0 Å². The van der Waals surface area contributed by atoms with Gasteiger partial charge in [0, 0.05) is 18.3 Å². The molecular weight excluding hydrogens is 308 g/mol. The van der Waals surface area contributed by atoms with E-state index in [0.29, 0.717) is 16.8 Å². The summed E-state index contributed by atoms with van der Waals surface area (Å²) < 4.78 is 0. The largest absolute Gasteiger partial charge is 0.369 e. The molecule has 0 saturated carbocycles. The number of benzene rings is 1. The summed E-state index contributed by atoms with van der Waals surface area (Å²) >= 11 is 1.38. The topological polar surface area (TPSA) is 57.1 Å². The van der Waals surface area contributed by atoms with E-state index in [1.54, 1.807) is 6.21 Å². The summed E-state index contributed by atoms with van der Waals surface area (Å²) in [5, 5.41) is 11.4. The van der Waals surface area contributed by atoms with Gasteiger partial charge in [-0.3, -0.25) is 4.79 Å². The average Bonchev–Trinajstić information content (AvgIpc) is 2.90. The highest BCUT2D eigenvalue weighted by Crippen LogP contribution is 2.42. The van der Waals surface area contributed by atoms with Crippen molar-refractivity contribution in [1.29, 1.82) is 0 Å². The van der Waals surface area contributed by atoms with E-state index in [-0.39, 0.29) is 11.4 Å². The number of amidine groups is 1. The van der Waals surface area contributed by atoms with Gasteiger partial charge in [0.1, 0.15) is 0 Å². The molecule has 5 nitrogen and oxygen atoms in total. The fourth-order valence-corrected chi connectivity index (χ4v) is 3.83. The number of nitrogens with one attached hydrogen (secondary N) is 1. The molecule has 2 aliphatic heterocycles. The van der Waals surface area contributed by atoms with E-state index in [0.717, 1.165) is 12.0 Å². The van der Waals surface area contributed by atoms with Crippen LogP contribution in [-0.4, -0.2) is 35.6 Å². The van der Waals surface area contributed by atoms with Crippen LogP contribution in [0.4, 0.5) is 5.69 Å². The Morgan fingerprint density at radius 2 is 2.22 bits per heavy atom. The first kappa shape index (κ1) is 16.1. The molecule has 3 rings (SSSR count). The van der Waals surface area contributed by atoms with Crippen molar-refractivity contribution < 1.29 is 4.79 Å². The first-order valence-corrected chi connectivity index (χ1v) is 8.77. The number of carbonyl (C=O) groups excluding carboxylic acids is 1. The average molecular weight is 330 g/mol. The lowest BCUT2D eigenvalue weighted by molar-refractivity contribution is -0.116. The maximum Gasteiger partial charge on any atom is 0.236 e. The van der Waals surface area contributed by atoms with E-state index in [9.17, 15) is 4.79 Å². The van der Waals surface area contributed by atoms with Crippen molar-refractivity contribution in [2.45, 2.75) is 38.6 Å². The molecule has 0 bridgehead atoms. The minimum Gasteiger partial charge on any atom is -0.369 e. The first-order valence-electron chi connectivity index (χ1n) is 7.78. The second-order valence-corrected chi connectivity index (χ2v) is 7.75. The molecule has 2 aliphatic rings. The summed E-state index contributed by atoms with van der Waals surface area (Å²) in [6.45, 7) is 6.84.